The monoisotopic (exact) mass is 208 g/mol. The summed E-state index contributed by atoms with van der Waals surface area (Å²) in [5.41, 5.74) is 6.43. The minimum Gasteiger partial charge on any atom is -0.337 e. The van der Waals surface area contributed by atoms with Crippen molar-refractivity contribution >= 4 is 5.91 Å². The number of hydrogen-bond donors (Lipinski definition) is 1. The maximum Gasteiger partial charge on any atom is 0.272 e. The summed E-state index contributed by atoms with van der Waals surface area (Å²) in [5, 5.41) is 3.99. The van der Waals surface area contributed by atoms with Gasteiger partial charge < -0.3 is 10.6 Å². The molecule has 0 radical (unpaired) electrons. The summed E-state index contributed by atoms with van der Waals surface area (Å²) in [6, 6.07) is 2.00. The van der Waals surface area contributed by atoms with Gasteiger partial charge in [-0.05, 0) is 18.9 Å². The molecule has 15 heavy (non-hydrogen) atoms. The summed E-state index contributed by atoms with van der Waals surface area (Å²) >= 11 is 0. The first-order chi connectivity index (χ1) is 7.18. The average Bonchev–Trinajstić information content (AvgIpc) is 2.65. The average molecular weight is 208 g/mol. The molecule has 1 amide bonds. The van der Waals surface area contributed by atoms with Gasteiger partial charge in [0, 0.05) is 32.4 Å². The maximum absolute atomic E-state index is 12.0. The number of aryl methyl sites for hydroxylation is 1. The van der Waals surface area contributed by atoms with Gasteiger partial charge in [0.2, 0.25) is 0 Å². The van der Waals surface area contributed by atoms with Gasteiger partial charge in [-0.15, -0.1) is 0 Å². The lowest BCUT2D eigenvalue weighted by molar-refractivity contribution is 0.0703. The highest BCUT2D eigenvalue weighted by Gasteiger charge is 2.23. The molecule has 82 valence electrons. The normalized spacial score (nSPS) is 18.1. The summed E-state index contributed by atoms with van der Waals surface area (Å²) in [4.78, 5) is 13.9. The fourth-order valence-corrected chi connectivity index (χ4v) is 1.85. The third-order valence-electron chi connectivity index (χ3n) is 2.87. The quantitative estimate of drug-likeness (QED) is 0.705. The molecule has 0 unspecified atom stereocenters. The number of aromatic nitrogens is 2. The minimum atomic E-state index is 0.0573. The Morgan fingerprint density at radius 3 is 2.73 bits per heavy atom. The SMILES string of the molecule is Cn1nccc1C(=O)N1CCC(N)CC1. The summed E-state index contributed by atoms with van der Waals surface area (Å²) in [6.45, 7) is 1.51. The van der Waals surface area contributed by atoms with Crippen LogP contribution in [0.4, 0.5) is 0 Å². The molecule has 0 aliphatic carbocycles. The number of nitrogens with zero attached hydrogens (tertiary/aromatic N) is 3. The smallest absolute Gasteiger partial charge is 0.272 e. The molecular weight excluding hydrogens is 192 g/mol. The minimum absolute atomic E-state index is 0.0573. The van der Waals surface area contributed by atoms with Gasteiger partial charge in [-0.2, -0.15) is 5.10 Å². The number of carbonyl (C=O) groups is 1. The molecule has 1 aliphatic heterocycles. The first-order valence-corrected chi connectivity index (χ1v) is 5.21. The van der Waals surface area contributed by atoms with Crippen LogP contribution in [0.5, 0.6) is 0 Å². The maximum atomic E-state index is 12.0. The number of likely N-dealkylation sites (tertiary alicyclic amines) is 1. The van der Waals surface area contributed by atoms with E-state index in [0.29, 0.717) is 5.69 Å². The Hall–Kier alpha value is -1.36. The largest absolute Gasteiger partial charge is 0.337 e. The number of carbonyl (C=O) groups excluding carboxylic acids is 1. The molecule has 0 atom stereocenters. The third-order valence-corrected chi connectivity index (χ3v) is 2.87. The number of rotatable bonds is 1. The molecule has 0 bridgehead atoms. The van der Waals surface area contributed by atoms with E-state index >= 15 is 0 Å². The van der Waals surface area contributed by atoms with E-state index in [9.17, 15) is 4.79 Å². The summed E-state index contributed by atoms with van der Waals surface area (Å²) < 4.78 is 1.61. The van der Waals surface area contributed by atoms with Crippen molar-refractivity contribution in [3.8, 4) is 0 Å². The lowest BCUT2D eigenvalue weighted by Gasteiger charge is -2.30. The van der Waals surface area contributed by atoms with Crippen LogP contribution >= 0.6 is 0 Å². The number of hydrogen-bond acceptors (Lipinski definition) is 3. The van der Waals surface area contributed by atoms with Crippen molar-refractivity contribution in [1.29, 1.82) is 0 Å². The fraction of sp³-hybridized carbons (Fsp3) is 0.600. The zero-order valence-electron chi connectivity index (χ0n) is 8.89. The molecule has 0 aromatic carbocycles. The first kappa shape index (κ1) is 10.2. The second kappa shape index (κ2) is 4.02. The Labute approximate surface area is 88.8 Å². The van der Waals surface area contributed by atoms with Crippen LogP contribution in [0.15, 0.2) is 12.3 Å². The van der Waals surface area contributed by atoms with Crippen LogP contribution in [0.1, 0.15) is 23.3 Å². The molecule has 1 aromatic rings. The fourth-order valence-electron chi connectivity index (χ4n) is 1.85. The standard InChI is InChI=1S/C10H16N4O/c1-13-9(2-5-12-13)10(15)14-6-3-8(11)4-7-14/h2,5,8H,3-4,6-7,11H2,1H3. The Balaban J connectivity index is 2.06. The van der Waals surface area contributed by atoms with Crippen molar-refractivity contribution in [1.82, 2.24) is 14.7 Å². The highest BCUT2D eigenvalue weighted by atomic mass is 16.2. The van der Waals surface area contributed by atoms with Crippen LogP contribution in [-0.2, 0) is 7.05 Å². The Kier molecular flexibility index (Phi) is 2.73. The third kappa shape index (κ3) is 2.02. The van der Waals surface area contributed by atoms with Crippen molar-refractivity contribution in [2.45, 2.75) is 18.9 Å². The van der Waals surface area contributed by atoms with E-state index in [4.69, 9.17) is 5.73 Å². The van der Waals surface area contributed by atoms with Gasteiger partial charge in [0.25, 0.3) is 5.91 Å². The molecule has 1 saturated heterocycles. The van der Waals surface area contributed by atoms with Gasteiger partial charge in [0.1, 0.15) is 5.69 Å². The highest BCUT2D eigenvalue weighted by Crippen LogP contribution is 2.11. The van der Waals surface area contributed by atoms with E-state index in [1.807, 2.05) is 4.90 Å². The van der Waals surface area contributed by atoms with Gasteiger partial charge in [-0.3, -0.25) is 9.48 Å². The van der Waals surface area contributed by atoms with Crippen molar-refractivity contribution in [2.24, 2.45) is 12.8 Å². The predicted octanol–water partition coefficient (Wildman–Crippen LogP) is -0.0166. The van der Waals surface area contributed by atoms with Crippen LogP contribution < -0.4 is 5.73 Å². The highest BCUT2D eigenvalue weighted by molar-refractivity contribution is 5.92. The second-order valence-corrected chi connectivity index (χ2v) is 3.97. The molecule has 2 heterocycles. The van der Waals surface area contributed by atoms with Gasteiger partial charge >= 0.3 is 0 Å². The predicted molar refractivity (Wildman–Crippen MR) is 56.3 cm³/mol. The number of amides is 1. The molecule has 1 fully saturated rings. The molecule has 2 rings (SSSR count). The van der Waals surface area contributed by atoms with Gasteiger partial charge in [-0.25, -0.2) is 0 Å². The molecule has 5 heteroatoms. The number of piperidine rings is 1. The zero-order valence-corrected chi connectivity index (χ0v) is 8.89. The van der Waals surface area contributed by atoms with Crippen LogP contribution in [0, 0.1) is 0 Å². The molecule has 5 nitrogen and oxygen atoms in total. The van der Waals surface area contributed by atoms with Crippen molar-refractivity contribution in [3.05, 3.63) is 18.0 Å². The Morgan fingerprint density at radius 2 is 2.20 bits per heavy atom. The summed E-state index contributed by atoms with van der Waals surface area (Å²) in [6.07, 6.45) is 3.43. The molecule has 0 saturated carbocycles. The lowest BCUT2D eigenvalue weighted by Crippen LogP contribution is -2.43. The first-order valence-electron chi connectivity index (χ1n) is 5.21. The van der Waals surface area contributed by atoms with Gasteiger partial charge in [0.05, 0.1) is 0 Å². The van der Waals surface area contributed by atoms with E-state index in [-0.39, 0.29) is 11.9 Å². The summed E-state index contributed by atoms with van der Waals surface area (Å²) in [7, 11) is 1.78. The van der Waals surface area contributed by atoms with E-state index < -0.39 is 0 Å². The second-order valence-electron chi connectivity index (χ2n) is 3.97. The lowest BCUT2D eigenvalue weighted by atomic mass is 10.1. The van der Waals surface area contributed by atoms with Crippen LogP contribution in [0.2, 0.25) is 0 Å². The van der Waals surface area contributed by atoms with E-state index in [1.165, 1.54) is 0 Å². The van der Waals surface area contributed by atoms with E-state index in [1.54, 1.807) is 24.0 Å². The molecular formula is C10H16N4O. The van der Waals surface area contributed by atoms with Crippen molar-refractivity contribution in [3.63, 3.8) is 0 Å². The molecule has 0 spiro atoms. The Morgan fingerprint density at radius 1 is 1.53 bits per heavy atom. The van der Waals surface area contributed by atoms with Gasteiger partial charge in [0.15, 0.2) is 0 Å². The number of nitrogens with two attached hydrogens (primary N) is 1. The molecule has 1 aromatic heterocycles. The van der Waals surface area contributed by atoms with Crippen LogP contribution in [-0.4, -0.2) is 39.7 Å². The zero-order chi connectivity index (χ0) is 10.8. The van der Waals surface area contributed by atoms with Gasteiger partial charge in [-0.1, -0.05) is 0 Å². The topological polar surface area (TPSA) is 64.2 Å². The van der Waals surface area contributed by atoms with Crippen LogP contribution in [0.25, 0.3) is 0 Å². The van der Waals surface area contributed by atoms with Crippen LogP contribution in [0.3, 0.4) is 0 Å². The summed E-state index contributed by atoms with van der Waals surface area (Å²) in [5.74, 6) is 0.0573. The van der Waals surface area contributed by atoms with Crippen molar-refractivity contribution in [2.75, 3.05) is 13.1 Å². The molecule has 1 aliphatic rings. The molecule has 2 N–H and O–H groups in total. The van der Waals surface area contributed by atoms with E-state index in [0.717, 1.165) is 25.9 Å². The Bertz CT molecular complexity index is 352. The van der Waals surface area contributed by atoms with Crippen molar-refractivity contribution < 1.29 is 4.79 Å². The van der Waals surface area contributed by atoms with E-state index in [2.05, 4.69) is 5.10 Å².